The van der Waals surface area contributed by atoms with Crippen molar-refractivity contribution in [2.24, 2.45) is 11.7 Å². The van der Waals surface area contributed by atoms with E-state index in [-0.39, 0.29) is 27.6 Å². The topological polar surface area (TPSA) is 89.5 Å². The van der Waals surface area contributed by atoms with Gasteiger partial charge in [0.25, 0.3) is 5.69 Å². The van der Waals surface area contributed by atoms with Crippen LogP contribution in [0.4, 0.5) is 11.4 Å². The van der Waals surface area contributed by atoms with E-state index in [9.17, 15) is 14.9 Å². The SMILES string of the molecule is NC(=O)CC1CCN(c2c(Cl)cc([N+](=O)[O-])cc2Cl)CC1. The summed E-state index contributed by atoms with van der Waals surface area (Å²) in [5.41, 5.74) is 5.69. The Morgan fingerprint density at radius 1 is 1.33 bits per heavy atom. The Labute approximate surface area is 132 Å². The zero-order chi connectivity index (χ0) is 15.6. The number of nitrogens with two attached hydrogens (primary N) is 1. The standard InChI is InChI=1S/C13H15Cl2N3O3/c14-10-6-9(18(20)21)7-11(15)13(10)17-3-1-8(2-4-17)5-12(16)19/h6-8H,1-5H2,(H2,16,19). The van der Waals surface area contributed by atoms with E-state index in [0.717, 1.165) is 12.8 Å². The average molecular weight is 332 g/mol. The Bertz CT molecular complexity index is 549. The molecule has 0 aromatic heterocycles. The lowest BCUT2D eigenvalue weighted by atomic mass is 9.93. The van der Waals surface area contributed by atoms with Crippen LogP contribution in [-0.2, 0) is 4.79 Å². The van der Waals surface area contributed by atoms with Crippen molar-refractivity contribution in [3.63, 3.8) is 0 Å². The van der Waals surface area contributed by atoms with Crippen molar-refractivity contribution in [3.05, 3.63) is 32.3 Å². The molecule has 2 N–H and O–H groups in total. The Morgan fingerprint density at radius 3 is 2.29 bits per heavy atom. The molecule has 0 bridgehead atoms. The number of nitro benzene ring substituents is 1. The summed E-state index contributed by atoms with van der Waals surface area (Å²) in [5.74, 6) is -0.0193. The Kier molecular flexibility index (Phi) is 4.90. The molecule has 1 aromatic rings. The zero-order valence-corrected chi connectivity index (χ0v) is 12.7. The van der Waals surface area contributed by atoms with Gasteiger partial charge in [-0.1, -0.05) is 23.2 Å². The minimum atomic E-state index is -0.527. The molecule has 1 aromatic carbocycles. The Hall–Kier alpha value is -1.53. The number of nitro groups is 1. The van der Waals surface area contributed by atoms with E-state index >= 15 is 0 Å². The number of piperidine rings is 1. The number of hydrogen-bond acceptors (Lipinski definition) is 4. The smallest absolute Gasteiger partial charge is 0.272 e. The van der Waals surface area contributed by atoms with E-state index in [4.69, 9.17) is 28.9 Å². The van der Waals surface area contributed by atoms with E-state index in [1.165, 1.54) is 12.1 Å². The van der Waals surface area contributed by atoms with Gasteiger partial charge in [-0.3, -0.25) is 14.9 Å². The molecule has 0 unspecified atom stereocenters. The van der Waals surface area contributed by atoms with Crippen LogP contribution in [0.2, 0.25) is 10.0 Å². The first-order valence-corrected chi connectivity index (χ1v) is 7.30. The summed E-state index contributed by atoms with van der Waals surface area (Å²) in [6.45, 7) is 1.38. The molecule has 1 fully saturated rings. The second-order valence-corrected chi connectivity index (χ2v) is 5.93. The minimum Gasteiger partial charge on any atom is -0.370 e. The van der Waals surface area contributed by atoms with E-state index in [2.05, 4.69) is 0 Å². The molecule has 1 aliphatic heterocycles. The molecule has 6 nitrogen and oxygen atoms in total. The van der Waals surface area contributed by atoms with Crippen molar-refractivity contribution in [3.8, 4) is 0 Å². The number of hydrogen-bond donors (Lipinski definition) is 1. The van der Waals surface area contributed by atoms with Gasteiger partial charge in [0.15, 0.2) is 0 Å². The number of primary amides is 1. The van der Waals surface area contributed by atoms with Gasteiger partial charge in [-0.05, 0) is 18.8 Å². The fraction of sp³-hybridized carbons (Fsp3) is 0.462. The molecule has 1 saturated heterocycles. The number of anilines is 1. The van der Waals surface area contributed by atoms with E-state index in [1.54, 1.807) is 0 Å². The Balaban J connectivity index is 2.13. The average Bonchev–Trinajstić information content (AvgIpc) is 2.39. The minimum absolute atomic E-state index is 0.127. The third-order valence-electron chi connectivity index (χ3n) is 3.63. The van der Waals surface area contributed by atoms with Gasteiger partial charge in [-0.25, -0.2) is 0 Å². The molecular formula is C13H15Cl2N3O3. The third kappa shape index (κ3) is 3.77. The number of halogens is 2. The van der Waals surface area contributed by atoms with Gasteiger partial charge in [0.2, 0.25) is 5.91 Å². The van der Waals surface area contributed by atoms with Crippen molar-refractivity contribution < 1.29 is 9.72 Å². The molecule has 0 atom stereocenters. The van der Waals surface area contributed by atoms with Crippen LogP contribution >= 0.6 is 23.2 Å². The van der Waals surface area contributed by atoms with Crippen molar-refractivity contribution in [1.29, 1.82) is 0 Å². The fourth-order valence-electron chi connectivity index (χ4n) is 2.60. The van der Waals surface area contributed by atoms with Gasteiger partial charge >= 0.3 is 0 Å². The van der Waals surface area contributed by atoms with Crippen LogP contribution in [0, 0.1) is 16.0 Å². The maximum Gasteiger partial charge on any atom is 0.272 e. The zero-order valence-electron chi connectivity index (χ0n) is 11.2. The molecular weight excluding hydrogens is 317 g/mol. The van der Waals surface area contributed by atoms with Gasteiger partial charge in [-0.2, -0.15) is 0 Å². The summed E-state index contributed by atoms with van der Waals surface area (Å²) in [4.78, 5) is 23.2. The lowest BCUT2D eigenvalue weighted by Gasteiger charge is -2.34. The number of nitrogens with zero attached hydrogens (tertiary/aromatic N) is 2. The predicted molar refractivity (Wildman–Crippen MR) is 81.9 cm³/mol. The van der Waals surface area contributed by atoms with Gasteiger partial charge < -0.3 is 10.6 Å². The van der Waals surface area contributed by atoms with Crippen LogP contribution in [0.5, 0.6) is 0 Å². The van der Waals surface area contributed by atoms with Gasteiger partial charge in [0.1, 0.15) is 0 Å². The lowest BCUT2D eigenvalue weighted by Crippen LogP contribution is -2.35. The first kappa shape index (κ1) is 15.9. The number of benzene rings is 1. The summed E-state index contributed by atoms with van der Waals surface area (Å²) < 4.78 is 0. The van der Waals surface area contributed by atoms with Crippen molar-refractivity contribution >= 4 is 40.5 Å². The van der Waals surface area contributed by atoms with Gasteiger partial charge in [0.05, 0.1) is 20.7 Å². The first-order chi connectivity index (χ1) is 9.88. The highest BCUT2D eigenvalue weighted by Gasteiger charge is 2.25. The van der Waals surface area contributed by atoms with Crippen molar-refractivity contribution in [1.82, 2.24) is 0 Å². The number of non-ortho nitro benzene ring substituents is 1. The second kappa shape index (κ2) is 6.49. The largest absolute Gasteiger partial charge is 0.370 e. The summed E-state index contributed by atoms with van der Waals surface area (Å²) >= 11 is 12.3. The molecule has 0 aliphatic carbocycles. The van der Waals surface area contributed by atoms with E-state index < -0.39 is 4.92 Å². The maximum atomic E-state index is 10.9. The van der Waals surface area contributed by atoms with Crippen LogP contribution < -0.4 is 10.6 Å². The van der Waals surface area contributed by atoms with Crippen LogP contribution in [0.1, 0.15) is 19.3 Å². The Morgan fingerprint density at radius 2 is 1.86 bits per heavy atom. The molecule has 1 amide bonds. The highest BCUT2D eigenvalue weighted by atomic mass is 35.5. The third-order valence-corrected chi connectivity index (χ3v) is 4.21. The molecule has 0 saturated carbocycles. The molecule has 8 heteroatoms. The molecule has 0 radical (unpaired) electrons. The van der Waals surface area contributed by atoms with Gasteiger partial charge in [0, 0.05) is 31.6 Å². The number of rotatable bonds is 4. The number of amides is 1. The molecule has 2 rings (SSSR count). The summed E-state index contributed by atoms with van der Waals surface area (Å²) in [5, 5.41) is 11.3. The summed E-state index contributed by atoms with van der Waals surface area (Å²) in [6, 6.07) is 2.61. The maximum absolute atomic E-state index is 10.9. The lowest BCUT2D eigenvalue weighted by molar-refractivity contribution is -0.384. The van der Waals surface area contributed by atoms with Crippen molar-refractivity contribution in [2.75, 3.05) is 18.0 Å². The van der Waals surface area contributed by atoms with E-state index in [1.807, 2.05) is 4.90 Å². The van der Waals surface area contributed by atoms with Gasteiger partial charge in [-0.15, -0.1) is 0 Å². The first-order valence-electron chi connectivity index (χ1n) is 6.55. The van der Waals surface area contributed by atoms with Crippen LogP contribution in [0.3, 0.4) is 0 Å². The second-order valence-electron chi connectivity index (χ2n) is 5.12. The molecule has 21 heavy (non-hydrogen) atoms. The highest BCUT2D eigenvalue weighted by Crippen LogP contribution is 2.39. The molecule has 0 spiro atoms. The summed E-state index contributed by atoms with van der Waals surface area (Å²) in [6.07, 6.45) is 2.01. The summed E-state index contributed by atoms with van der Waals surface area (Å²) in [7, 11) is 0. The monoisotopic (exact) mass is 331 g/mol. The highest BCUT2D eigenvalue weighted by molar-refractivity contribution is 6.39. The number of carbonyl (C=O) groups is 1. The molecule has 1 heterocycles. The van der Waals surface area contributed by atoms with Crippen LogP contribution in [0.15, 0.2) is 12.1 Å². The van der Waals surface area contributed by atoms with Crippen LogP contribution in [-0.4, -0.2) is 23.9 Å². The fourth-order valence-corrected chi connectivity index (χ4v) is 3.32. The normalized spacial score (nSPS) is 16.0. The number of carbonyl (C=O) groups excluding carboxylic acids is 1. The quantitative estimate of drug-likeness (QED) is 0.678. The molecule has 1 aliphatic rings. The van der Waals surface area contributed by atoms with Crippen molar-refractivity contribution in [2.45, 2.75) is 19.3 Å². The van der Waals surface area contributed by atoms with E-state index in [0.29, 0.717) is 25.2 Å². The predicted octanol–water partition coefficient (Wildman–Crippen LogP) is 2.99. The van der Waals surface area contributed by atoms with Crippen LogP contribution in [0.25, 0.3) is 0 Å². The molecule has 114 valence electrons.